The minimum absolute atomic E-state index is 0.0408. The van der Waals surface area contributed by atoms with Crippen LogP contribution in [0.5, 0.6) is 0 Å². The van der Waals surface area contributed by atoms with E-state index >= 15 is 0 Å². The lowest BCUT2D eigenvalue weighted by Crippen LogP contribution is -2.58. The number of carbonyl (C=O) groups is 1. The predicted molar refractivity (Wildman–Crippen MR) is 136 cm³/mol. The van der Waals surface area contributed by atoms with Gasteiger partial charge in [-0.25, -0.2) is 4.98 Å². The standard InChI is InChI=1S/C28H44N2O3S/c1-16(5-10-25(33)30-26-29-17(2)15-34-26)21-8-9-22-20-7-6-18-13-19(31)11-12-27(18,3)23(20)14-24(32)28(21,22)4/h15-16,18-24,31-32H,5-14H2,1-4H3,(H,29,30,33)/t16-,18+,19-,20+,21+,22-,23-,24+,27+,28-/m1/s1. The Morgan fingerprint density at radius 2 is 1.97 bits per heavy atom. The van der Waals surface area contributed by atoms with E-state index in [0.717, 1.165) is 37.8 Å². The van der Waals surface area contributed by atoms with Crippen LogP contribution in [0.4, 0.5) is 5.13 Å². The van der Waals surface area contributed by atoms with Gasteiger partial charge in [-0.1, -0.05) is 20.8 Å². The summed E-state index contributed by atoms with van der Waals surface area (Å²) in [4.78, 5) is 16.9. The molecule has 0 radical (unpaired) electrons. The molecular formula is C28H44N2O3S. The summed E-state index contributed by atoms with van der Waals surface area (Å²) in [7, 11) is 0. The van der Waals surface area contributed by atoms with Gasteiger partial charge >= 0.3 is 0 Å². The molecule has 0 saturated heterocycles. The van der Waals surface area contributed by atoms with Crippen molar-refractivity contribution >= 4 is 22.4 Å². The normalized spacial score (nSPS) is 44.6. The molecule has 1 amide bonds. The quantitative estimate of drug-likeness (QED) is 0.489. The summed E-state index contributed by atoms with van der Waals surface area (Å²) < 4.78 is 0. The van der Waals surface area contributed by atoms with Crippen LogP contribution in [-0.4, -0.2) is 33.3 Å². The maximum Gasteiger partial charge on any atom is 0.226 e. The molecule has 1 aromatic heterocycles. The fraction of sp³-hybridized carbons (Fsp3) is 0.857. The third-order valence-corrected chi connectivity index (χ3v) is 12.1. The van der Waals surface area contributed by atoms with Crippen molar-refractivity contribution in [3.8, 4) is 0 Å². The number of nitrogens with one attached hydrogen (secondary N) is 1. The van der Waals surface area contributed by atoms with E-state index in [2.05, 4.69) is 31.1 Å². The molecule has 1 heterocycles. The van der Waals surface area contributed by atoms with Gasteiger partial charge in [-0.3, -0.25) is 4.79 Å². The maximum atomic E-state index is 12.5. The number of aliphatic hydroxyl groups is 2. The van der Waals surface area contributed by atoms with Crippen molar-refractivity contribution in [1.82, 2.24) is 4.98 Å². The topological polar surface area (TPSA) is 82.5 Å². The smallest absolute Gasteiger partial charge is 0.226 e. The molecule has 34 heavy (non-hydrogen) atoms. The van der Waals surface area contributed by atoms with Crippen LogP contribution < -0.4 is 5.32 Å². The summed E-state index contributed by atoms with van der Waals surface area (Å²) in [5, 5.41) is 27.6. The monoisotopic (exact) mass is 488 g/mol. The summed E-state index contributed by atoms with van der Waals surface area (Å²) in [5.41, 5.74) is 1.18. The van der Waals surface area contributed by atoms with Gasteiger partial charge in [-0.05, 0) is 111 Å². The Kier molecular flexibility index (Phi) is 6.65. The first kappa shape index (κ1) is 24.7. The van der Waals surface area contributed by atoms with Gasteiger partial charge in [0, 0.05) is 11.8 Å². The molecule has 5 nitrogen and oxygen atoms in total. The van der Waals surface area contributed by atoms with Gasteiger partial charge in [0.25, 0.3) is 0 Å². The third kappa shape index (κ3) is 4.06. The van der Waals surface area contributed by atoms with E-state index in [1.165, 1.54) is 37.0 Å². The zero-order chi connectivity index (χ0) is 24.3. The molecule has 10 atom stereocenters. The van der Waals surface area contributed by atoms with Crippen LogP contribution in [0.1, 0.15) is 90.7 Å². The molecule has 4 aliphatic rings. The lowest BCUT2D eigenvalue weighted by atomic mass is 9.43. The van der Waals surface area contributed by atoms with Crippen molar-refractivity contribution in [2.24, 2.45) is 46.3 Å². The van der Waals surface area contributed by atoms with Gasteiger partial charge in [0.05, 0.1) is 17.9 Å². The highest BCUT2D eigenvalue weighted by molar-refractivity contribution is 7.13. The summed E-state index contributed by atoms with van der Waals surface area (Å²) in [6, 6.07) is 0. The molecule has 4 fully saturated rings. The number of anilines is 1. The van der Waals surface area contributed by atoms with E-state index in [1.54, 1.807) is 0 Å². The highest BCUT2D eigenvalue weighted by Gasteiger charge is 2.63. The molecule has 190 valence electrons. The molecule has 3 N–H and O–H groups in total. The molecule has 5 rings (SSSR count). The van der Waals surface area contributed by atoms with Gasteiger partial charge in [-0.2, -0.15) is 0 Å². The molecule has 0 aliphatic heterocycles. The number of nitrogens with zero attached hydrogens (tertiary/aromatic N) is 1. The molecule has 0 bridgehead atoms. The van der Waals surface area contributed by atoms with Crippen LogP contribution in [0, 0.1) is 53.3 Å². The number of hydrogen-bond acceptors (Lipinski definition) is 5. The van der Waals surface area contributed by atoms with Crippen molar-refractivity contribution in [1.29, 1.82) is 0 Å². The lowest BCUT2D eigenvalue weighted by molar-refractivity contribution is -0.174. The largest absolute Gasteiger partial charge is 0.393 e. The molecule has 4 aliphatic carbocycles. The van der Waals surface area contributed by atoms with E-state index in [-0.39, 0.29) is 28.9 Å². The van der Waals surface area contributed by atoms with Crippen LogP contribution in [0.3, 0.4) is 0 Å². The summed E-state index contributed by atoms with van der Waals surface area (Å²) in [6.45, 7) is 9.10. The average Bonchev–Trinajstić information content (AvgIpc) is 3.36. The first-order valence-electron chi connectivity index (χ1n) is 13.7. The van der Waals surface area contributed by atoms with Gasteiger partial charge in [0.15, 0.2) is 5.13 Å². The van der Waals surface area contributed by atoms with Gasteiger partial charge < -0.3 is 15.5 Å². The molecule has 1 aromatic rings. The summed E-state index contributed by atoms with van der Waals surface area (Å²) in [6.07, 6.45) is 9.82. The number of thiazole rings is 1. The van der Waals surface area contributed by atoms with E-state index in [0.29, 0.717) is 47.1 Å². The van der Waals surface area contributed by atoms with E-state index in [1.807, 2.05) is 12.3 Å². The molecule has 4 saturated carbocycles. The Morgan fingerprint density at radius 3 is 2.71 bits per heavy atom. The van der Waals surface area contributed by atoms with Crippen molar-refractivity contribution in [3.63, 3.8) is 0 Å². The van der Waals surface area contributed by atoms with E-state index in [9.17, 15) is 15.0 Å². The van der Waals surface area contributed by atoms with Crippen molar-refractivity contribution in [2.75, 3.05) is 5.32 Å². The molecular weight excluding hydrogens is 444 g/mol. The number of rotatable bonds is 5. The minimum Gasteiger partial charge on any atom is -0.393 e. The average molecular weight is 489 g/mol. The molecule has 0 spiro atoms. The first-order valence-corrected chi connectivity index (χ1v) is 14.6. The van der Waals surface area contributed by atoms with Crippen LogP contribution in [0.2, 0.25) is 0 Å². The van der Waals surface area contributed by atoms with E-state index < -0.39 is 0 Å². The van der Waals surface area contributed by atoms with Crippen molar-refractivity contribution in [3.05, 3.63) is 11.1 Å². The van der Waals surface area contributed by atoms with Crippen molar-refractivity contribution in [2.45, 2.75) is 104 Å². The third-order valence-electron chi connectivity index (χ3n) is 11.2. The second kappa shape index (κ2) is 9.15. The second-order valence-electron chi connectivity index (χ2n) is 12.7. The number of hydrogen-bond donors (Lipinski definition) is 3. The van der Waals surface area contributed by atoms with Gasteiger partial charge in [0.1, 0.15) is 0 Å². The number of aliphatic hydroxyl groups excluding tert-OH is 2. The van der Waals surface area contributed by atoms with Gasteiger partial charge in [0.2, 0.25) is 5.91 Å². The minimum atomic E-state index is -0.261. The van der Waals surface area contributed by atoms with E-state index in [4.69, 9.17) is 0 Å². The second-order valence-corrected chi connectivity index (χ2v) is 13.6. The predicted octanol–water partition coefficient (Wildman–Crippen LogP) is 5.80. The Balaban J connectivity index is 1.26. The molecule has 0 unspecified atom stereocenters. The number of carbonyl (C=O) groups excluding carboxylic acids is 1. The number of aromatic nitrogens is 1. The Bertz CT molecular complexity index is 904. The van der Waals surface area contributed by atoms with Crippen molar-refractivity contribution < 1.29 is 15.0 Å². The SMILES string of the molecule is Cc1csc(NC(=O)CC[C@@H](C)[C@@H]2CC[C@@H]3[C@@H]4CC[C@H]5C[C@H](O)CC[C@]5(C)[C@@H]4C[C@H](O)[C@@]32C)n1. The highest BCUT2D eigenvalue weighted by Crippen LogP contribution is 2.68. The number of fused-ring (bicyclic) bond motifs is 5. The summed E-state index contributed by atoms with van der Waals surface area (Å²) >= 11 is 1.48. The Hall–Kier alpha value is -0.980. The number of amides is 1. The zero-order valence-electron chi connectivity index (χ0n) is 21.4. The van der Waals surface area contributed by atoms with Crippen LogP contribution in [0.15, 0.2) is 5.38 Å². The zero-order valence-corrected chi connectivity index (χ0v) is 22.2. The summed E-state index contributed by atoms with van der Waals surface area (Å²) in [5.74, 6) is 3.45. The van der Waals surface area contributed by atoms with Crippen LogP contribution in [0.25, 0.3) is 0 Å². The fourth-order valence-electron chi connectivity index (χ4n) is 9.31. The first-order chi connectivity index (χ1) is 16.1. The maximum absolute atomic E-state index is 12.5. The Morgan fingerprint density at radius 1 is 1.18 bits per heavy atom. The Labute approximate surface area is 209 Å². The van der Waals surface area contributed by atoms with Gasteiger partial charge in [-0.15, -0.1) is 11.3 Å². The molecule has 6 heteroatoms. The van der Waals surface area contributed by atoms with Crippen LogP contribution >= 0.6 is 11.3 Å². The lowest BCUT2D eigenvalue weighted by Gasteiger charge is -2.62. The highest BCUT2D eigenvalue weighted by atomic mass is 32.1. The number of aryl methyl sites for hydroxylation is 1. The molecule has 0 aromatic carbocycles. The van der Waals surface area contributed by atoms with Crippen LogP contribution in [-0.2, 0) is 4.79 Å². The fourth-order valence-corrected chi connectivity index (χ4v) is 10.0.